The van der Waals surface area contributed by atoms with Crippen LogP contribution in [0.4, 0.5) is 11.4 Å². The van der Waals surface area contributed by atoms with Gasteiger partial charge in [0.05, 0.1) is 35.7 Å². The molecular weight excluding hydrogens is 424 g/mol. The lowest BCUT2D eigenvalue weighted by Crippen LogP contribution is -2.27. The molecular formula is C21H24N2O7S. The SMILES string of the molecule is COc1ccc(OC)c(NC(=O)C[C@H](C)S(=O)(=O)c2cc3c(cc2C)NC(=O)CO3)c1. The van der Waals surface area contributed by atoms with Gasteiger partial charge in [0, 0.05) is 18.6 Å². The van der Waals surface area contributed by atoms with Crippen LogP contribution in [0.25, 0.3) is 0 Å². The Bertz CT molecular complexity index is 1130. The number of anilines is 2. The molecule has 0 aliphatic carbocycles. The molecule has 1 atom stereocenters. The molecule has 2 N–H and O–H groups in total. The fourth-order valence-corrected chi connectivity index (χ4v) is 4.81. The van der Waals surface area contributed by atoms with E-state index in [0.717, 1.165) is 0 Å². The topological polar surface area (TPSA) is 120 Å². The highest BCUT2D eigenvalue weighted by atomic mass is 32.2. The Morgan fingerprint density at radius 2 is 1.97 bits per heavy atom. The first-order chi connectivity index (χ1) is 14.6. The smallest absolute Gasteiger partial charge is 0.262 e. The molecule has 0 fully saturated rings. The van der Waals surface area contributed by atoms with Gasteiger partial charge in [0.15, 0.2) is 16.4 Å². The Balaban J connectivity index is 1.79. The molecule has 0 bridgehead atoms. The minimum atomic E-state index is -3.84. The molecule has 1 aliphatic heterocycles. The van der Waals surface area contributed by atoms with Gasteiger partial charge in [0.25, 0.3) is 5.91 Å². The fraction of sp³-hybridized carbons (Fsp3) is 0.333. The number of carbonyl (C=O) groups excluding carboxylic acids is 2. The lowest BCUT2D eigenvalue weighted by Gasteiger charge is -2.21. The van der Waals surface area contributed by atoms with Gasteiger partial charge in [-0.2, -0.15) is 0 Å². The van der Waals surface area contributed by atoms with E-state index in [1.807, 2.05) is 0 Å². The van der Waals surface area contributed by atoms with E-state index in [9.17, 15) is 18.0 Å². The first-order valence-electron chi connectivity index (χ1n) is 9.48. The molecule has 2 aromatic carbocycles. The molecule has 2 aromatic rings. The minimum absolute atomic E-state index is 0.0571. The number of rotatable bonds is 7. The van der Waals surface area contributed by atoms with Crippen LogP contribution in [0.15, 0.2) is 35.2 Å². The van der Waals surface area contributed by atoms with E-state index < -0.39 is 21.0 Å². The number of fused-ring (bicyclic) bond motifs is 1. The Labute approximate surface area is 180 Å². The van der Waals surface area contributed by atoms with Gasteiger partial charge in [-0.05, 0) is 37.6 Å². The van der Waals surface area contributed by atoms with Crippen molar-refractivity contribution in [3.63, 3.8) is 0 Å². The highest BCUT2D eigenvalue weighted by Crippen LogP contribution is 2.35. The summed E-state index contributed by atoms with van der Waals surface area (Å²) in [6, 6.07) is 7.86. The van der Waals surface area contributed by atoms with E-state index in [1.165, 1.54) is 27.2 Å². The molecule has 3 rings (SSSR count). The number of hydrogen-bond acceptors (Lipinski definition) is 7. The molecule has 10 heteroatoms. The van der Waals surface area contributed by atoms with Gasteiger partial charge in [0.1, 0.15) is 17.2 Å². The lowest BCUT2D eigenvalue weighted by atomic mass is 10.2. The van der Waals surface area contributed by atoms with E-state index in [0.29, 0.717) is 28.4 Å². The zero-order chi connectivity index (χ0) is 22.8. The van der Waals surface area contributed by atoms with Crippen molar-refractivity contribution in [3.05, 3.63) is 35.9 Å². The summed E-state index contributed by atoms with van der Waals surface area (Å²) in [5, 5.41) is 4.32. The Morgan fingerprint density at radius 1 is 1.23 bits per heavy atom. The highest BCUT2D eigenvalue weighted by Gasteiger charge is 2.30. The largest absolute Gasteiger partial charge is 0.497 e. The number of ether oxygens (including phenoxy) is 3. The van der Waals surface area contributed by atoms with E-state index in [1.54, 1.807) is 31.2 Å². The predicted octanol–water partition coefficient (Wildman–Crippen LogP) is 2.53. The molecule has 0 radical (unpaired) electrons. The summed E-state index contributed by atoms with van der Waals surface area (Å²) < 4.78 is 42.0. The van der Waals surface area contributed by atoms with Crippen molar-refractivity contribution in [2.75, 3.05) is 31.5 Å². The monoisotopic (exact) mass is 448 g/mol. The number of benzene rings is 2. The van der Waals surface area contributed by atoms with Gasteiger partial charge in [0.2, 0.25) is 5.91 Å². The molecule has 0 unspecified atom stereocenters. The Hall–Kier alpha value is -3.27. The molecule has 1 heterocycles. The number of sulfone groups is 1. The summed E-state index contributed by atoms with van der Waals surface area (Å²) in [6.07, 6.45) is -0.267. The summed E-state index contributed by atoms with van der Waals surface area (Å²) in [6.45, 7) is 2.91. The fourth-order valence-electron chi connectivity index (χ4n) is 3.22. The van der Waals surface area contributed by atoms with Crippen molar-refractivity contribution in [1.82, 2.24) is 0 Å². The van der Waals surface area contributed by atoms with Gasteiger partial charge in [-0.25, -0.2) is 8.42 Å². The summed E-state index contributed by atoms with van der Waals surface area (Å²) in [5.74, 6) is 0.437. The highest BCUT2D eigenvalue weighted by molar-refractivity contribution is 7.92. The zero-order valence-electron chi connectivity index (χ0n) is 17.6. The van der Waals surface area contributed by atoms with Crippen molar-refractivity contribution in [2.45, 2.75) is 30.4 Å². The van der Waals surface area contributed by atoms with Gasteiger partial charge >= 0.3 is 0 Å². The summed E-state index contributed by atoms with van der Waals surface area (Å²) >= 11 is 0. The van der Waals surface area contributed by atoms with Crippen LogP contribution in [0.5, 0.6) is 17.2 Å². The van der Waals surface area contributed by atoms with Gasteiger partial charge in [-0.3, -0.25) is 9.59 Å². The molecule has 31 heavy (non-hydrogen) atoms. The van der Waals surface area contributed by atoms with Crippen molar-refractivity contribution in [2.24, 2.45) is 0 Å². The number of hydrogen-bond donors (Lipinski definition) is 2. The third kappa shape index (κ3) is 4.74. The maximum Gasteiger partial charge on any atom is 0.262 e. The molecule has 9 nitrogen and oxygen atoms in total. The van der Waals surface area contributed by atoms with Crippen molar-refractivity contribution < 1.29 is 32.2 Å². The van der Waals surface area contributed by atoms with Gasteiger partial charge in [-0.1, -0.05) is 0 Å². The van der Waals surface area contributed by atoms with Crippen molar-refractivity contribution >= 4 is 33.0 Å². The lowest BCUT2D eigenvalue weighted by molar-refractivity contribution is -0.118. The third-order valence-corrected chi connectivity index (χ3v) is 7.18. The molecule has 0 saturated heterocycles. The van der Waals surface area contributed by atoms with Gasteiger partial charge < -0.3 is 24.8 Å². The van der Waals surface area contributed by atoms with E-state index in [-0.39, 0.29) is 29.6 Å². The zero-order valence-corrected chi connectivity index (χ0v) is 18.5. The Kier molecular flexibility index (Phi) is 6.40. The first-order valence-corrected chi connectivity index (χ1v) is 11.0. The predicted molar refractivity (Wildman–Crippen MR) is 115 cm³/mol. The second-order valence-electron chi connectivity index (χ2n) is 7.12. The van der Waals surface area contributed by atoms with Crippen LogP contribution in [-0.4, -0.2) is 46.3 Å². The van der Waals surface area contributed by atoms with Crippen LogP contribution in [0.3, 0.4) is 0 Å². The van der Waals surface area contributed by atoms with E-state index >= 15 is 0 Å². The average Bonchev–Trinajstić information content (AvgIpc) is 2.72. The number of amides is 2. The average molecular weight is 448 g/mol. The van der Waals surface area contributed by atoms with Crippen molar-refractivity contribution in [1.29, 1.82) is 0 Å². The quantitative estimate of drug-likeness (QED) is 0.668. The normalized spacial score (nSPS) is 14.0. The molecule has 0 spiro atoms. The molecule has 2 amide bonds. The summed E-state index contributed by atoms with van der Waals surface area (Å²) in [7, 11) is -0.878. The van der Waals surface area contributed by atoms with Crippen molar-refractivity contribution in [3.8, 4) is 17.2 Å². The van der Waals surface area contributed by atoms with Gasteiger partial charge in [-0.15, -0.1) is 0 Å². The standard InChI is InChI=1S/C21H24N2O7S/c1-12-7-15-18(30-11-21(25)23-15)10-19(12)31(26,27)13(2)8-20(24)22-16-9-14(28-3)5-6-17(16)29-4/h5-7,9-10,13H,8,11H2,1-4H3,(H,22,24)(H,23,25)/t13-/m0/s1. The van der Waals surface area contributed by atoms with Crippen LogP contribution < -0.4 is 24.8 Å². The maximum absolute atomic E-state index is 13.1. The summed E-state index contributed by atoms with van der Waals surface area (Å²) in [5.41, 5.74) is 1.25. The number of methoxy groups -OCH3 is 2. The molecule has 0 aromatic heterocycles. The number of nitrogens with one attached hydrogen (secondary N) is 2. The number of aryl methyl sites for hydroxylation is 1. The first kappa shape index (κ1) is 22.4. The molecule has 166 valence electrons. The Morgan fingerprint density at radius 3 is 2.65 bits per heavy atom. The summed E-state index contributed by atoms with van der Waals surface area (Å²) in [4.78, 5) is 24.1. The van der Waals surface area contributed by atoms with Crippen LogP contribution in [-0.2, 0) is 19.4 Å². The maximum atomic E-state index is 13.1. The van der Waals surface area contributed by atoms with E-state index in [4.69, 9.17) is 14.2 Å². The third-order valence-electron chi connectivity index (χ3n) is 4.90. The minimum Gasteiger partial charge on any atom is -0.497 e. The van der Waals surface area contributed by atoms with Crippen LogP contribution in [0.1, 0.15) is 18.9 Å². The van der Waals surface area contributed by atoms with Crippen LogP contribution in [0, 0.1) is 6.92 Å². The number of carbonyl (C=O) groups is 2. The van der Waals surface area contributed by atoms with Crippen LogP contribution >= 0.6 is 0 Å². The molecule has 0 saturated carbocycles. The second-order valence-corrected chi connectivity index (χ2v) is 9.46. The van der Waals surface area contributed by atoms with E-state index in [2.05, 4.69) is 10.6 Å². The second kappa shape index (κ2) is 8.84. The molecule has 1 aliphatic rings. The van der Waals surface area contributed by atoms with Crippen LogP contribution in [0.2, 0.25) is 0 Å².